The van der Waals surface area contributed by atoms with Crippen molar-refractivity contribution in [2.24, 2.45) is 5.92 Å². The molecule has 0 spiro atoms. The molecule has 0 bridgehead atoms. The van der Waals surface area contributed by atoms with E-state index in [0.717, 1.165) is 22.2 Å². The predicted molar refractivity (Wildman–Crippen MR) is 81.3 cm³/mol. The van der Waals surface area contributed by atoms with Crippen molar-refractivity contribution in [1.29, 1.82) is 0 Å². The van der Waals surface area contributed by atoms with Crippen molar-refractivity contribution in [2.75, 3.05) is 5.75 Å². The number of benzene rings is 1. The van der Waals surface area contributed by atoms with Crippen LogP contribution in [0.2, 0.25) is 0 Å². The molecule has 0 fully saturated rings. The summed E-state index contributed by atoms with van der Waals surface area (Å²) < 4.78 is 2.58. The first kappa shape index (κ1) is 13.6. The van der Waals surface area contributed by atoms with Gasteiger partial charge in [0.25, 0.3) is 5.56 Å². The van der Waals surface area contributed by atoms with Crippen LogP contribution in [0.3, 0.4) is 0 Å². The number of hydrogen-bond acceptors (Lipinski definition) is 3. The Morgan fingerprint density at radius 2 is 2.28 bits per heavy atom. The summed E-state index contributed by atoms with van der Waals surface area (Å²) in [5, 5.41) is 0.654. The Kier molecular flexibility index (Phi) is 4.45. The quantitative estimate of drug-likeness (QED) is 0.876. The zero-order valence-corrected chi connectivity index (χ0v) is 12.6. The van der Waals surface area contributed by atoms with Crippen LogP contribution < -0.4 is 5.56 Å². The normalized spacial score (nSPS) is 12.8. The van der Waals surface area contributed by atoms with E-state index in [4.69, 9.17) is 0 Å². The van der Waals surface area contributed by atoms with E-state index in [0.29, 0.717) is 17.8 Å². The van der Waals surface area contributed by atoms with Gasteiger partial charge in [-0.3, -0.25) is 9.36 Å². The molecule has 18 heavy (non-hydrogen) atoms. The lowest BCUT2D eigenvalue weighted by Crippen LogP contribution is -2.25. The van der Waals surface area contributed by atoms with Gasteiger partial charge in [0.2, 0.25) is 0 Å². The van der Waals surface area contributed by atoms with Crippen LogP contribution in [-0.4, -0.2) is 15.3 Å². The van der Waals surface area contributed by atoms with Gasteiger partial charge in [0.1, 0.15) is 0 Å². The van der Waals surface area contributed by atoms with Crippen LogP contribution in [0.25, 0.3) is 10.9 Å². The van der Waals surface area contributed by atoms with Crippen LogP contribution in [0.5, 0.6) is 0 Å². The standard InChI is InChI=1S/C13H15BrN2OS/c1-2-9(7-18)6-16-8-15-12-4-3-10(14)5-11(12)13(16)17/h3-5,8-9,18H,2,6-7H2,1H3. The van der Waals surface area contributed by atoms with Crippen LogP contribution in [-0.2, 0) is 6.54 Å². The predicted octanol–water partition coefficient (Wildman–Crippen LogP) is 3.12. The van der Waals surface area contributed by atoms with Crippen molar-refractivity contribution in [3.63, 3.8) is 0 Å². The molecule has 0 aliphatic rings. The lowest BCUT2D eigenvalue weighted by atomic mass is 10.1. The molecule has 1 heterocycles. The minimum Gasteiger partial charge on any atom is -0.298 e. The van der Waals surface area contributed by atoms with E-state index in [9.17, 15) is 4.79 Å². The van der Waals surface area contributed by atoms with Gasteiger partial charge in [-0.25, -0.2) is 4.98 Å². The zero-order chi connectivity index (χ0) is 13.1. The van der Waals surface area contributed by atoms with E-state index in [1.807, 2.05) is 18.2 Å². The smallest absolute Gasteiger partial charge is 0.261 e. The Hall–Kier alpha value is -0.810. The maximum Gasteiger partial charge on any atom is 0.261 e. The largest absolute Gasteiger partial charge is 0.298 e. The van der Waals surface area contributed by atoms with Crippen LogP contribution in [0.15, 0.2) is 33.8 Å². The molecule has 0 radical (unpaired) electrons. The Bertz CT molecular complexity index is 607. The summed E-state index contributed by atoms with van der Waals surface area (Å²) in [6.07, 6.45) is 2.64. The molecule has 1 unspecified atom stereocenters. The molecule has 5 heteroatoms. The molecular weight excluding hydrogens is 312 g/mol. The van der Waals surface area contributed by atoms with Gasteiger partial charge in [-0.05, 0) is 29.9 Å². The highest BCUT2D eigenvalue weighted by Crippen LogP contribution is 2.15. The Morgan fingerprint density at radius 3 is 2.94 bits per heavy atom. The third kappa shape index (κ3) is 2.78. The molecule has 2 rings (SSSR count). The summed E-state index contributed by atoms with van der Waals surface area (Å²) in [6.45, 7) is 2.78. The Labute approximate surface area is 120 Å². The SMILES string of the molecule is CCC(CS)Cn1cnc2ccc(Br)cc2c1=O. The number of thiol groups is 1. The molecule has 0 aliphatic heterocycles. The van der Waals surface area contributed by atoms with Gasteiger partial charge in [0, 0.05) is 11.0 Å². The van der Waals surface area contributed by atoms with E-state index in [1.165, 1.54) is 0 Å². The van der Waals surface area contributed by atoms with Gasteiger partial charge in [-0.2, -0.15) is 12.6 Å². The summed E-state index contributed by atoms with van der Waals surface area (Å²) in [5.41, 5.74) is 0.750. The van der Waals surface area contributed by atoms with Gasteiger partial charge >= 0.3 is 0 Å². The molecule has 2 aromatic rings. The average molecular weight is 327 g/mol. The first-order chi connectivity index (χ1) is 8.65. The molecule has 3 nitrogen and oxygen atoms in total. The monoisotopic (exact) mass is 326 g/mol. The van der Waals surface area contributed by atoms with E-state index >= 15 is 0 Å². The molecule has 1 aromatic heterocycles. The first-order valence-electron chi connectivity index (χ1n) is 5.91. The second-order valence-electron chi connectivity index (χ2n) is 4.32. The highest BCUT2D eigenvalue weighted by molar-refractivity contribution is 9.10. The first-order valence-corrected chi connectivity index (χ1v) is 7.33. The molecule has 0 amide bonds. The second-order valence-corrected chi connectivity index (χ2v) is 5.60. The number of halogens is 1. The highest BCUT2D eigenvalue weighted by Gasteiger charge is 2.09. The average Bonchev–Trinajstić information content (AvgIpc) is 2.39. The third-order valence-electron chi connectivity index (χ3n) is 3.08. The molecule has 0 saturated carbocycles. The van der Waals surface area contributed by atoms with Gasteiger partial charge < -0.3 is 0 Å². The maximum absolute atomic E-state index is 12.3. The lowest BCUT2D eigenvalue weighted by Gasteiger charge is -2.13. The van der Waals surface area contributed by atoms with Gasteiger partial charge in [0.15, 0.2) is 0 Å². The van der Waals surface area contributed by atoms with E-state index < -0.39 is 0 Å². The number of aromatic nitrogens is 2. The van der Waals surface area contributed by atoms with Crippen LogP contribution >= 0.6 is 28.6 Å². The van der Waals surface area contributed by atoms with Gasteiger partial charge in [-0.1, -0.05) is 29.3 Å². The van der Waals surface area contributed by atoms with Crippen molar-refractivity contribution in [3.8, 4) is 0 Å². The molecule has 1 atom stereocenters. The Morgan fingerprint density at radius 1 is 1.50 bits per heavy atom. The summed E-state index contributed by atoms with van der Waals surface area (Å²) in [5.74, 6) is 1.18. The maximum atomic E-state index is 12.3. The van der Waals surface area contributed by atoms with Crippen LogP contribution in [0.4, 0.5) is 0 Å². The molecular formula is C13H15BrN2OS. The van der Waals surface area contributed by atoms with Crippen molar-refractivity contribution < 1.29 is 0 Å². The number of nitrogens with zero attached hydrogens (tertiary/aromatic N) is 2. The topological polar surface area (TPSA) is 34.9 Å². The molecule has 96 valence electrons. The zero-order valence-electron chi connectivity index (χ0n) is 10.1. The van der Waals surface area contributed by atoms with Crippen molar-refractivity contribution in [2.45, 2.75) is 19.9 Å². The summed E-state index contributed by atoms with van der Waals surface area (Å²) in [4.78, 5) is 16.6. The Balaban J connectivity index is 2.47. The molecule has 0 N–H and O–H groups in total. The molecule has 1 aromatic carbocycles. The van der Waals surface area contributed by atoms with Crippen molar-refractivity contribution >= 4 is 39.5 Å². The minimum absolute atomic E-state index is 0.0153. The summed E-state index contributed by atoms with van der Waals surface area (Å²) in [7, 11) is 0. The van der Waals surface area contributed by atoms with Gasteiger partial charge in [-0.15, -0.1) is 0 Å². The summed E-state index contributed by atoms with van der Waals surface area (Å²) >= 11 is 7.69. The number of hydrogen-bond donors (Lipinski definition) is 1. The van der Waals surface area contributed by atoms with E-state index in [2.05, 4.69) is 40.5 Å². The van der Waals surface area contributed by atoms with Crippen molar-refractivity contribution in [1.82, 2.24) is 9.55 Å². The third-order valence-corrected chi connectivity index (χ3v) is 4.09. The van der Waals surface area contributed by atoms with Crippen molar-refractivity contribution in [3.05, 3.63) is 39.4 Å². The number of rotatable bonds is 4. The lowest BCUT2D eigenvalue weighted by molar-refractivity contribution is 0.466. The fourth-order valence-electron chi connectivity index (χ4n) is 1.86. The van der Waals surface area contributed by atoms with Crippen LogP contribution in [0.1, 0.15) is 13.3 Å². The van der Waals surface area contributed by atoms with Crippen LogP contribution in [0, 0.1) is 5.92 Å². The minimum atomic E-state index is 0.0153. The van der Waals surface area contributed by atoms with E-state index in [-0.39, 0.29) is 5.56 Å². The highest BCUT2D eigenvalue weighted by atomic mass is 79.9. The summed E-state index contributed by atoms with van der Waals surface area (Å²) in [6, 6.07) is 5.56. The van der Waals surface area contributed by atoms with E-state index in [1.54, 1.807) is 10.9 Å². The fraction of sp³-hybridized carbons (Fsp3) is 0.385. The second kappa shape index (κ2) is 5.89. The molecule has 0 aliphatic carbocycles. The van der Waals surface area contributed by atoms with Gasteiger partial charge in [0.05, 0.1) is 17.2 Å². The molecule has 0 saturated heterocycles. The number of fused-ring (bicyclic) bond motifs is 1. The fourth-order valence-corrected chi connectivity index (χ4v) is 2.59.